The Labute approximate surface area is 99.9 Å². The number of nitrogens with zero attached hydrogens (tertiary/aromatic N) is 2. The van der Waals surface area contributed by atoms with Crippen molar-refractivity contribution in [2.75, 3.05) is 0 Å². The van der Waals surface area contributed by atoms with Crippen molar-refractivity contribution in [3.05, 3.63) is 52.6 Å². The molecule has 2 rings (SSSR count). The Hall–Kier alpha value is -1.32. The summed E-state index contributed by atoms with van der Waals surface area (Å²) < 4.78 is 2.04. The van der Waals surface area contributed by atoms with Crippen molar-refractivity contribution in [3.8, 4) is 0 Å². The lowest BCUT2D eigenvalue weighted by Gasteiger charge is -2.04. The molecule has 0 spiro atoms. The minimum atomic E-state index is 0.518. The second-order valence-corrected chi connectivity index (χ2v) is 4.17. The van der Waals surface area contributed by atoms with Gasteiger partial charge < -0.3 is 10.3 Å². The molecule has 0 radical (unpaired) electrons. The molecule has 3 nitrogen and oxygen atoms in total. The average Bonchev–Trinajstić information content (AvgIpc) is 2.63. The molecule has 84 valence electrons. The van der Waals surface area contributed by atoms with Gasteiger partial charge in [0.05, 0.1) is 5.69 Å². The smallest absolute Gasteiger partial charge is 0.113 e. The maximum atomic E-state index is 5.84. The van der Waals surface area contributed by atoms with Crippen LogP contribution in [0.2, 0.25) is 5.02 Å². The van der Waals surface area contributed by atoms with Crippen molar-refractivity contribution in [1.29, 1.82) is 0 Å². The maximum absolute atomic E-state index is 5.84. The lowest BCUT2D eigenvalue weighted by atomic mass is 10.1. The van der Waals surface area contributed by atoms with E-state index in [0.717, 1.165) is 23.0 Å². The highest BCUT2D eigenvalue weighted by Crippen LogP contribution is 2.13. The Morgan fingerprint density at radius 1 is 1.31 bits per heavy atom. The molecule has 0 saturated carbocycles. The zero-order chi connectivity index (χ0) is 11.5. The van der Waals surface area contributed by atoms with Crippen molar-refractivity contribution in [2.24, 2.45) is 12.8 Å². The van der Waals surface area contributed by atoms with Crippen molar-refractivity contribution in [2.45, 2.75) is 13.0 Å². The van der Waals surface area contributed by atoms with Gasteiger partial charge >= 0.3 is 0 Å². The molecule has 4 heteroatoms. The highest BCUT2D eigenvalue weighted by atomic mass is 35.5. The van der Waals surface area contributed by atoms with Crippen LogP contribution in [0.5, 0.6) is 0 Å². The highest BCUT2D eigenvalue weighted by molar-refractivity contribution is 6.30. The summed E-state index contributed by atoms with van der Waals surface area (Å²) in [6.07, 6.45) is 2.62. The predicted octanol–water partition coefficient (Wildman–Crippen LogP) is 2.12. The molecule has 0 bridgehead atoms. The third-order valence-electron chi connectivity index (χ3n) is 2.67. The van der Waals surface area contributed by atoms with Crippen molar-refractivity contribution in [3.63, 3.8) is 0 Å². The van der Waals surface area contributed by atoms with Crippen molar-refractivity contribution in [1.82, 2.24) is 9.55 Å². The lowest BCUT2D eigenvalue weighted by molar-refractivity contribution is 0.767. The Morgan fingerprint density at radius 2 is 2.00 bits per heavy atom. The molecular formula is C12H14ClN3. The van der Waals surface area contributed by atoms with Crippen LogP contribution in [0, 0.1) is 0 Å². The fourth-order valence-corrected chi connectivity index (χ4v) is 1.75. The van der Waals surface area contributed by atoms with Gasteiger partial charge in [0.2, 0.25) is 0 Å². The summed E-state index contributed by atoms with van der Waals surface area (Å²) in [7, 11) is 1.99. The van der Waals surface area contributed by atoms with Crippen LogP contribution in [0.1, 0.15) is 17.1 Å². The van der Waals surface area contributed by atoms with Gasteiger partial charge in [-0.3, -0.25) is 0 Å². The van der Waals surface area contributed by atoms with Crippen molar-refractivity contribution >= 4 is 11.6 Å². The van der Waals surface area contributed by atoms with Gasteiger partial charge in [0.1, 0.15) is 5.82 Å². The third-order valence-corrected chi connectivity index (χ3v) is 2.92. The maximum Gasteiger partial charge on any atom is 0.113 e. The van der Waals surface area contributed by atoms with E-state index in [1.54, 1.807) is 0 Å². The van der Waals surface area contributed by atoms with E-state index in [2.05, 4.69) is 4.98 Å². The molecule has 0 saturated heterocycles. The molecule has 0 unspecified atom stereocenters. The summed E-state index contributed by atoms with van der Waals surface area (Å²) >= 11 is 5.84. The molecule has 0 amide bonds. The highest BCUT2D eigenvalue weighted by Gasteiger charge is 2.05. The Morgan fingerprint density at radius 3 is 2.56 bits per heavy atom. The Balaban J connectivity index is 2.20. The zero-order valence-corrected chi connectivity index (χ0v) is 9.91. The van der Waals surface area contributed by atoms with Crippen LogP contribution in [0.3, 0.4) is 0 Å². The Kier molecular flexibility index (Phi) is 3.27. The molecule has 2 N–H and O–H groups in total. The summed E-state index contributed by atoms with van der Waals surface area (Å²) in [6, 6.07) is 7.81. The number of aromatic nitrogens is 2. The van der Waals surface area contributed by atoms with Gasteiger partial charge in [-0.25, -0.2) is 4.98 Å². The quantitative estimate of drug-likeness (QED) is 0.886. The van der Waals surface area contributed by atoms with Gasteiger partial charge in [-0.15, -0.1) is 0 Å². The van der Waals surface area contributed by atoms with E-state index in [9.17, 15) is 0 Å². The Bertz CT molecular complexity index is 474. The zero-order valence-electron chi connectivity index (χ0n) is 9.15. The molecule has 0 aliphatic rings. The molecule has 2 aromatic rings. The summed E-state index contributed by atoms with van der Waals surface area (Å²) in [5.41, 5.74) is 7.84. The van der Waals surface area contributed by atoms with Crippen LogP contribution in [-0.4, -0.2) is 9.55 Å². The van der Waals surface area contributed by atoms with Crippen LogP contribution in [0.4, 0.5) is 0 Å². The second kappa shape index (κ2) is 4.68. The number of hydrogen-bond donors (Lipinski definition) is 1. The normalized spacial score (nSPS) is 10.7. The van der Waals surface area contributed by atoms with Crippen LogP contribution >= 0.6 is 11.6 Å². The van der Waals surface area contributed by atoms with E-state index in [1.165, 1.54) is 5.56 Å². The first kappa shape index (κ1) is 11.2. The number of rotatable bonds is 3. The van der Waals surface area contributed by atoms with Gasteiger partial charge in [0.25, 0.3) is 0 Å². The van der Waals surface area contributed by atoms with E-state index >= 15 is 0 Å². The summed E-state index contributed by atoms with van der Waals surface area (Å²) in [6.45, 7) is 0.518. The third kappa shape index (κ3) is 2.26. The minimum absolute atomic E-state index is 0.518. The summed E-state index contributed by atoms with van der Waals surface area (Å²) in [5.74, 6) is 1.02. The van der Waals surface area contributed by atoms with E-state index in [0.29, 0.717) is 6.54 Å². The first-order chi connectivity index (χ1) is 7.70. The molecule has 0 fully saturated rings. The van der Waals surface area contributed by atoms with E-state index < -0.39 is 0 Å². The SMILES string of the molecule is Cn1c(CN)cnc1Cc1ccc(Cl)cc1. The lowest BCUT2D eigenvalue weighted by Crippen LogP contribution is -2.06. The van der Waals surface area contributed by atoms with Gasteiger partial charge in [0, 0.05) is 31.2 Å². The second-order valence-electron chi connectivity index (χ2n) is 3.73. The van der Waals surface area contributed by atoms with Crippen LogP contribution in [0.15, 0.2) is 30.5 Å². The molecule has 16 heavy (non-hydrogen) atoms. The fraction of sp³-hybridized carbons (Fsp3) is 0.250. The van der Waals surface area contributed by atoms with Gasteiger partial charge in [-0.05, 0) is 17.7 Å². The number of halogens is 1. The number of benzene rings is 1. The first-order valence-electron chi connectivity index (χ1n) is 5.14. The van der Waals surface area contributed by atoms with E-state index in [4.69, 9.17) is 17.3 Å². The molecule has 0 aliphatic heterocycles. The number of hydrogen-bond acceptors (Lipinski definition) is 2. The summed E-state index contributed by atoms with van der Waals surface area (Å²) in [5, 5.41) is 0.756. The molecular weight excluding hydrogens is 222 g/mol. The van der Waals surface area contributed by atoms with Crippen LogP contribution in [-0.2, 0) is 20.0 Å². The number of imidazole rings is 1. The summed E-state index contributed by atoms with van der Waals surface area (Å²) in [4.78, 5) is 4.35. The van der Waals surface area contributed by atoms with Gasteiger partial charge in [-0.1, -0.05) is 23.7 Å². The molecule has 0 atom stereocenters. The molecule has 1 heterocycles. The average molecular weight is 236 g/mol. The van der Waals surface area contributed by atoms with Gasteiger partial charge in [-0.2, -0.15) is 0 Å². The number of nitrogens with two attached hydrogens (primary N) is 1. The largest absolute Gasteiger partial charge is 0.334 e. The monoisotopic (exact) mass is 235 g/mol. The van der Waals surface area contributed by atoms with Gasteiger partial charge in [0.15, 0.2) is 0 Å². The molecule has 0 aliphatic carbocycles. The van der Waals surface area contributed by atoms with E-state index in [1.807, 2.05) is 42.1 Å². The van der Waals surface area contributed by atoms with Crippen LogP contribution < -0.4 is 5.73 Å². The van der Waals surface area contributed by atoms with Crippen LogP contribution in [0.25, 0.3) is 0 Å². The first-order valence-corrected chi connectivity index (χ1v) is 5.52. The minimum Gasteiger partial charge on any atom is -0.334 e. The fourth-order valence-electron chi connectivity index (χ4n) is 1.63. The predicted molar refractivity (Wildman–Crippen MR) is 65.4 cm³/mol. The standard InChI is InChI=1S/C12H14ClN3/c1-16-11(7-14)8-15-12(16)6-9-2-4-10(13)5-3-9/h2-5,8H,6-7,14H2,1H3. The van der Waals surface area contributed by atoms with E-state index in [-0.39, 0.29) is 0 Å². The molecule has 1 aromatic carbocycles. The molecule has 1 aromatic heterocycles. The topological polar surface area (TPSA) is 43.8 Å². The van der Waals surface area contributed by atoms with Crippen molar-refractivity contribution < 1.29 is 0 Å².